The first kappa shape index (κ1) is 15.5. The number of rotatable bonds is 12. The van der Waals surface area contributed by atoms with Crippen LogP contribution in [0.25, 0.3) is 11.1 Å². The van der Waals surface area contributed by atoms with E-state index >= 15 is 9.18 Å². The van der Waals surface area contributed by atoms with Gasteiger partial charge in [-0.15, -0.1) is 11.8 Å². The highest BCUT2D eigenvalue weighted by Gasteiger charge is 2.33. The standard InChI is InChI=1S/C41H42F5N3O3S/c1-27-22-29(28-12-14-32(15-13-28)41(44,45)46)10-11-30(27)24-48(33-16-18-47(19-17-33)20-21-52-2)38(51)25-49-36-9-4-3-7-34(36)37(50)23-39(49)53-26-31-6-5-8-35(42)40(31)43/h3-15,22-23,33,37,50H,16-21,24-26H2,1-2H3/i2D3,3D,4D,5D,6D,7D,8D,9D,10D,11D,12D,13D,14D,15D,16D2,17D2,18D2,19D2,21D2,22D,23D,24D2,33D. The Morgan fingerprint density at radius 1 is 1.06 bits per heavy atom. The zero-order valence-electron chi connectivity index (χ0n) is 57.6. The van der Waals surface area contributed by atoms with Gasteiger partial charge >= 0.3 is 6.18 Å². The van der Waals surface area contributed by atoms with Crippen LogP contribution in [0, 0.1) is 18.6 Å². The van der Waals surface area contributed by atoms with Crippen molar-refractivity contribution in [3.63, 3.8) is 0 Å². The lowest BCUT2D eigenvalue weighted by molar-refractivity contribution is -0.137. The molecule has 0 bridgehead atoms. The molecule has 2 aliphatic rings. The molecule has 0 radical (unpaired) electrons. The van der Waals surface area contributed by atoms with E-state index in [1.807, 2.05) is 0 Å². The fourth-order valence-electron chi connectivity index (χ4n) is 4.47. The maximum absolute atomic E-state index is 15.9. The molecule has 1 fully saturated rings. The third kappa shape index (κ3) is 9.12. The van der Waals surface area contributed by atoms with Gasteiger partial charge in [0.2, 0.25) is 5.91 Å². The fraction of sp³-hybridized carbons (Fsp3) is 0.341. The molecular formula is C41H42F5N3O3S. The second-order valence-electron chi connectivity index (χ2n) is 10.5. The minimum atomic E-state index is -5.56. The first-order valence-corrected chi connectivity index (χ1v) is 15.6. The van der Waals surface area contributed by atoms with E-state index in [0.717, 1.165) is 0 Å². The number of fused-ring (bicyclic) bond motifs is 1. The molecule has 0 aromatic heterocycles. The first-order chi connectivity index (χ1) is 37.7. The molecule has 2 aliphatic heterocycles. The number of amides is 1. The molecular weight excluding hydrogens is 710 g/mol. The van der Waals surface area contributed by atoms with Gasteiger partial charge in [-0.05, 0) is 72.1 Å². The number of alkyl halides is 3. The second kappa shape index (κ2) is 16.8. The topological polar surface area (TPSA) is 56.3 Å². The predicted molar refractivity (Wildman–Crippen MR) is 198 cm³/mol. The van der Waals surface area contributed by atoms with Crippen LogP contribution >= 0.6 is 11.8 Å². The summed E-state index contributed by atoms with van der Waals surface area (Å²) in [5, 5.41) is 10.5. The van der Waals surface area contributed by atoms with Gasteiger partial charge in [-0.25, -0.2) is 8.78 Å². The molecule has 0 saturated carbocycles. The van der Waals surface area contributed by atoms with E-state index in [1.54, 1.807) is 0 Å². The highest BCUT2D eigenvalue weighted by molar-refractivity contribution is 8.02. The summed E-state index contributed by atoms with van der Waals surface area (Å²) in [6.45, 7) is -21.1. The van der Waals surface area contributed by atoms with Crippen molar-refractivity contribution in [2.75, 3.05) is 44.6 Å². The van der Waals surface area contributed by atoms with Crippen LogP contribution in [0.15, 0.2) is 95.7 Å². The van der Waals surface area contributed by atoms with E-state index in [1.165, 1.54) is 0 Å². The Labute approximate surface area is 354 Å². The first-order valence-electron chi connectivity index (χ1n) is 30.1. The molecule has 2 heterocycles. The van der Waals surface area contributed by atoms with E-state index in [0.29, 0.717) is 6.92 Å². The van der Waals surface area contributed by atoms with Gasteiger partial charge in [0.25, 0.3) is 0 Å². The number of anilines is 1. The number of benzene rings is 4. The minimum absolute atomic E-state index is 0.0132. The van der Waals surface area contributed by atoms with Crippen LogP contribution in [0.2, 0.25) is 0 Å². The van der Waals surface area contributed by atoms with Gasteiger partial charge < -0.3 is 24.5 Å². The Kier molecular flexibility index (Phi) is 4.92. The number of carbonyl (C=O) groups is 1. The normalized spacial score (nSPS) is 30.5. The third-order valence-electron chi connectivity index (χ3n) is 7.00. The number of piperidine rings is 1. The van der Waals surface area contributed by atoms with Gasteiger partial charge in [0.1, 0.15) is 12.6 Å². The number of nitrogens with zero attached hydrogens (tertiary/aromatic N) is 3. The number of hydrogen-bond acceptors (Lipinski definition) is 6. The van der Waals surface area contributed by atoms with Crippen LogP contribution in [0.5, 0.6) is 0 Å². The molecule has 1 atom stereocenters. The van der Waals surface area contributed by atoms with Gasteiger partial charge in [0, 0.05) is 72.6 Å². The van der Waals surface area contributed by atoms with Crippen molar-refractivity contribution in [3.8, 4) is 11.1 Å². The zero-order chi connectivity index (χ0) is 64.9. The number of likely N-dealkylation sites (tertiary alicyclic amines) is 1. The second-order valence-corrected chi connectivity index (χ2v) is 11.4. The SMILES string of the molecule is [2H]C1=C(SCc2c([2H])c([2H])c([2H])c(F)c2F)N(CC(=O)N(C([2H])([2H])c2c([2H])c([2H])c(-c3c([2H])c([2H])c(C(F)(F)F)c([2H])c3[2H])c([2H])c2C)C2([2H])C([2H])([2H])C([2H])([2H])N(CC([2H])([2H])OC([2H])([2H])[2H])C([2H])([2H])C2([2H])[2H])c2c([2H])c([2H])c([2H])c([2H])c2C1O. The molecule has 4 aromatic carbocycles. The number of carbonyl (C=O) groups excluding carboxylic acids is 1. The molecule has 6 nitrogen and oxygen atoms in total. The van der Waals surface area contributed by atoms with Crippen molar-refractivity contribution < 1.29 is 79.1 Å². The maximum Gasteiger partial charge on any atom is 0.416 e. The van der Waals surface area contributed by atoms with Crippen LogP contribution in [-0.2, 0) is 28.0 Å². The maximum atomic E-state index is 15.9. The summed E-state index contributed by atoms with van der Waals surface area (Å²) >= 11 is -0.0132. The summed E-state index contributed by atoms with van der Waals surface area (Å²) in [6.07, 6.45) is -17.8. The van der Waals surface area contributed by atoms with Crippen molar-refractivity contribution in [2.45, 2.75) is 50.2 Å². The Bertz CT molecular complexity index is 3360. The number of ether oxygens (including phenoxy) is 1. The van der Waals surface area contributed by atoms with Crippen LogP contribution in [-0.4, -0.2) is 66.5 Å². The molecule has 1 amide bonds. The van der Waals surface area contributed by atoms with Crippen molar-refractivity contribution in [1.29, 1.82) is 0 Å². The van der Waals surface area contributed by atoms with Crippen molar-refractivity contribution in [1.82, 2.24) is 9.80 Å². The molecule has 4 aromatic rings. The summed E-state index contributed by atoms with van der Waals surface area (Å²) < 4.78 is 346. The number of para-hydroxylation sites is 1. The van der Waals surface area contributed by atoms with Gasteiger partial charge in [-0.3, -0.25) is 4.79 Å². The summed E-state index contributed by atoms with van der Waals surface area (Å²) in [7, 11) is -3.74. The van der Waals surface area contributed by atoms with Crippen LogP contribution < -0.4 is 4.90 Å². The van der Waals surface area contributed by atoms with Crippen LogP contribution in [0.4, 0.5) is 27.6 Å². The van der Waals surface area contributed by atoms with Crippen molar-refractivity contribution in [2.24, 2.45) is 0 Å². The quantitative estimate of drug-likeness (QED) is 0.145. The number of hydrogen-bond donors (Lipinski definition) is 1. The zero-order valence-corrected chi connectivity index (χ0v) is 27.4. The lowest BCUT2D eigenvalue weighted by Crippen LogP contribution is -2.50. The van der Waals surface area contributed by atoms with Crippen LogP contribution in [0.1, 0.15) is 89.2 Å². The van der Waals surface area contributed by atoms with E-state index in [4.69, 9.17) is 32.9 Å². The molecule has 12 heteroatoms. The lowest BCUT2D eigenvalue weighted by atomic mass is 9.97. The van der Waals surface area contributed by atoms with Gasteiger partial charge in [0.05, 0.1) is 48.7 Å². The fourth-order valence-corrected chi connectivity index (χ4v) is 5.46. The smallest absolute Gasteiger partial charge is 0.384 e. The predicted octanol–water partition coefficient (Wildman–Crippen LogP) is 8.73. The number of thioether (sulfide) groups is 1. The average Bonchev–Trinajstić information content (AvgIpc) is 0.675. The van der Waals surface area contributed by atoms with Gasteiger partial charge in [-0.1, -0.05) is 60.4 Å². The van der Waals surface area contributed by atoms with E-state index in [-0.39, 0.29) is 16.7 Å². The minimum Gasteiger partial charge on any atom is -0.384 e. The number of aliphatic hydroxyl groups is 1. The molecule has 1 N–H and O–H groups in total. The summed E-state index contributed by atoms with van der Waals surface area (Å²) in [4.78, 5) is 14.5. The highest BCUT2D eigenvalue weighted by atomic mass is 32.2. The number of methoxy groups -OCH3 is 1. The van der Waals surface area contributed by atoms with E-state index in [2.05, 4.69) is 4.74 Å². The van der Waals surface area contributed by atoms with Crippen molar-refractivity contribution >= 4 is 23.4 Å². The third-order valence-corrected chi connectivity index (χ3v) is 8.05. The Hall–Kier alpha value is -4.23. The van der Waals surface area contributed by atoms with Gasteiger partial charge in [0.15, 0.2) is 11.6 Å². The van der Waals surface area contributed by atoms with E-state index < -0.39 is 251 Å². The average molecular weight is 783 g/mol. The Morgan fingerprint density at radius 2 is 1.79 bits per heavy atom. The molecule has 1 unspecified atom stereocenters. The number of halogens is 5. The molecule has 1 saturated heterocycles. The molecule has 0 aliphatic carbocycles. The molecule has 0 spiro atoms. The Balaban J connectivity index is 1.75. The van der Waals surface area contributed by atoms with E-state index in [9.17, 15) is 32.3 Å². The monoisotopic (exact) mass is 782 g/mol. The Morgan fingerprint density at radius 3 is 2.53 bits per heavy atom. The highest BCUT2D eigenvalue weighted by Crippen LogP contribution is 2.41. The number of aliphatic hydroxyl groups excluding tert-OH is 1. The summed E-state index contributed by atoms with van der Waals surface area (Å²) in [6, 6.07) is -26.4. The largest absolute Gasteiger partial charge is 0.416 e. The summed E-state index contributed by atoms with van der Waals surface area (Å²) in [5.41, 5.74) is -10.7. The van der Waals surface area contributed by atoms with Gasteiger partial charge in [-0.2, -0.15) is 13.2 Å². The van der Waals surface area contributed by atoms with Crippen molar-refractivity contribution in [3.05, 3.63) is 135 Å². The summed E-state index contributed by atoms with van der Waals surface area (Å²) in [5.74, 6) is -7.55. The van der Waals surface area contributed by atoms with Crippen LogP contribution in [0.3, 0.4) is 0 Å². The molecule has 280 valence electrons. The molecule has 53 heavy (non-hydrogen) atoms. The lowest BCUT2D eigenvalue weighted by Gasteiger charge is -2.41. The molecule has 6 rings (SSSR count).